The van der Waals surface area contributed by atoms with Gasteiger partial charge in [0.25, 0.3) is 5.91 Å². The Morgan fingerprint density at radius 1 is 1.09 bits per heavy atom. The number of nitrogens with zero attached hydrogens (tertiary/aromatic N) is 5. The zero-order chi connectivity index (χ0) is 23.9. The molecule has 0 unspecified atom stereocenters. The van der Waals surface area contributed by atoms with Gasteiger partial charge in [-0.25, -0.2) is 19.9 Å². The van der Waals surface area contributed by atoms with Crippen molar-refractivity contribution in [3.63, 3.8) is 0 Å². The Balaban J connectivity index is 1.40. The van der Waals surface area contributed by atoms with Crippen molar-refractivity contribution in [2.24, 2.45) is 5.92 Å². The molecule has 3 aliphatic rings. The van der Waals surface area contributed by atoms with Crippen molar-refractivity contribution in [3.05, 3.63) is 65.9 Å². The van der Waals surface area contributed by atoms with Crippen LogP contribution in [0.15, 0.2) is 48.9 Å². The largest absolute Gasteiger partial charge is 0.417 e. The van der Waals surface area contributed by atoms with E-state index in [2.05, 4.69) is 25.3 Å². The van der Waals surface area contributed by atoms with E-state index in [0.29, 0.717) is 41.1 Å². The lowest BCUT2D eigenvalue weighted by atomic mass is 9.76. The summed E-state index contributed by atoms with van der Waals surface area (Å²) in [5.74, 6) is 0.906. The zero-order valence-electron chi connectivity index (χ0n) is 18.5. The maximum atomic E-state index is 13.7. The molecule has 6 rings (SSSR count). The number of hydrogen-bond donors (Lipinski definition) is 1. The Morgan fingerprint density at radius 3 is 2.56 bits per heavy atom. The SMILES string of the molecule is Cc1ccc(-c2ncccn2)c(C(=O)N2C[C@@H]3CC[C@H]2[C@H](Nc2ccc(C(F)(F)F)cn2)C3)n1. The van der Waals surface area contributed by atoms with Crippen molar-refractivity contribution in [2.45, 2.75) is 44.4 Å². The van der Waals surface area contributed by atoms with E-state index >= 15 is 0 Å². The number of amides is 1. The van der Waals surface area contributed by atoms with Gasteiger partial charge in [-0.3, -0.25) is 4.79 Å². The fourth-order valence-corrected chi connectivity index (χ4v) is 4.89. The predicted molar refractivity (Wildman–Crippen MR) is 119 cm³/mol. The lowest BCUT2D eigenvalue weighted by Crippen LogP contribution is -2.60. The zero-order valence-corrected chi connectivity index (χ0v) is 18.5. The lowest BCUT2D eigenvalue weighted by Gasteiger charge is -2.50. The fourth-order valence-electron chi connectivity index (χ4n) is 4.89. The first-order valence-corrected chi connectivity index (χ1v) is 11.2. The molecule has 0 aromatic carbocycles. The van der Waals surface area contributed by atoms with Crippen molar-refractivity contribution in [1.29, 1.82) is 0 Å². The van der Waals surface area contributed by atoms with E-state index in [1.807, 2.05) is 24.0 Å². The van der Waals surface area contributed by atoms with Gasteiger partial charge in [-0.1, -0.05) is 0 Å². The van der Waals surface area contributed by atoms with Gasteiger partial charge in [0.15, 0.2) is 5.82 Å². The highest BCUT2D eigenvalue weighted by Crippen LogP contribution is 2.38. The number of alkyl halides is 3. The normalized spacial score (nSPS) is 22.0. The second-order valence-electron chi connectivity index (χ2n) is 8.81. The first kappa shape index (κ1) is 22.2. The van der Waals surface area contributed by atoms with Crippen molar-refractivity contribution in [2.75, 3.05) is 11.9 Å². The number of halogens is 3. The van der Waals surface area contributed by atoms with E-state index in [4.69, 9.17) is 0 Å². The number of aryl methyl sites for hydroxylation is 1. The van der Waals surface area contributed by atoms with Crippen molar-refractivity contribution >= 4 is 11.7 Å². The van der Waals surface area contributed by atoms with E-state index in [-0.39, 0.29) is 18.0 Å². The van der Waals surface area contributed by atoms with Gasteiger partial charge < -0.3 is 10.2 Å². The van der Waals surface area contributed by atoms with Gasteiger partial charge in [-0.2, -0.15) is 13.2 Å². The minimum atomic E-state index is -4.43. The quantitative estimate of drug-likeness (QED) is 0.612. The van der Waals surface area contributed by atoms with Crippen molar-refractivity contribution < 1.29 is 18.0 Å². The summed E-state index contributed by atoms with van der Waals surface area (Å²) < 4.78 is 38.6. The molecular weight excluding hydrogens is 445 g/mol. The molecule has 1 saturated carbocycles. The Hall–Kier alpha value is -3.56. The molecule has 3 aromatic heterocycles. The molecule has 2 bridgehead atoms. The summed E-state index contributed by atoms with van der Waals surface area (Å²) in [6, 6.07) is 7.48. The first-order valence-electron chi connectivity index (χ1n) is 11.2. The third kappa shape index (κ3) is 4.32. The number of carbonyl (C=O) groups excluding carboxylic acids is 1. The Kier molecular flexibility index (Phi) is 5.66. The molecule has 1 amide bonds. The van der Waals surface area contributed by atoms with Gasteiger partial charge in [0.05, 0.1) is 17.2 Å². The molecule has 2 saturated heterocycles. The Bertz CT molecular complexity index is 1190. The highest BCUT2D eigenvalue weighted by molar-refractivity contribution is 5.98. The number of anilines is 1. The summed E-state index contributed by atoms with van der Waals surface area (Å²) in [6.07, 6.45) is 2.27. The van der Waals surface area contributed by atoms with Crippen LogP contribution in [0.2, 0.25) is 0 Å². The summed E-state index contributed by atoms with van der Waals surface area (Å²) in [7, 11) is 0. The van der Waals surface area contributed by atoms with E-state index in [1.165, 1.54) is 6.07 Å². The smallest absolute Gasteiger partial charge is 0.365 e. The van der Waals surface area contributed by atoms with Crippen LogP contribution in [0.3, 0.4) is 0 Å². The Morgan fingerprint density at radius 2 is 1.88 bits per heavy atom. The van der Waals surface area contributed by atoms with Gasteiger partial charge in [-0.05, 0) is 62.4 Å². The maximum Gasteiger partial charge on any atom is 0.417 e. The molecule has 3 atom stereocenters. The number of hydrogen-bond acceptors (Lipinski definition) is 6. The number of aromatic nitrogens is 4. The van der Waals surface area contributed by atoms with Crippen LogP contribution in [0.25, 0.3) is 11.4 Å². The van der Waals surface area contributed by atoms with Gasteiger partial charge in [-0.15, -0.1) is 0 Å². The maximum absolute atomic E-state index is 13.7. The molecule has 5 heterocycles. The summed E-state index contributed by atoms with van der Waals surface area (Å²) in [5.41, 5.74) is 0.812. The predicted octanol–water partition coefficient (Wildman–Crippen LogP) is 4.37. The Labute approximate surface area is 194 Å². The highest BCUT2D eigenvalue weighted by atomic mass is 19.4. The van der Waals surface area contributed by atoms with Crippen molar-refractivity contribution in [3.8, 4) is 11.4 Å². The summed E-state index contributed by atoms with van der Waals surface area (Å²) in [4.78, 5) is 32.6. The molecule has 1 aliphatic carbocycles. The lowest BCUT2D eigenvalue weighted by molar-refractivity contribution is -0.137. The van der Waals surface area contributed by atoms with Gasteiger partial charge in [0.2, 0.25) is 0 Å². The third-order valence-electron chi connectivity index (χ3n) is 6.51. The van der Waals surface area contributed by atoms with E-state index < -0.39 is 11.7 Å². The van der Waals surface area contributed by atoms with Gasteiger partial charge in [0, 0.05) is 36.9 Å². The summed E-state index contributed by atoms with van der Waals surface area (Å²) in [5, 5.41) is 3.27. The van der Waals surface area contributed by atoms with E-state index in [1.54, 1.807) is 18.5 Å². The van der Waals surface area contributed by atoms with Gasteiger partial charge >= 0.3 is 6.18 Å². The van der Waals surface area contributed by atoms with Crippen LogP contribution >= 0.6 is 0 Å². The number of piperidine rings is 2. The van der Waals surface area contributed by atoms with Crippen LogP contribution in [-0.4, -0.2) is 49.4 Å². The van der Waals surface area contributed by atoms with Crippen LogP contribution in [0.5, 0.6) is 0 Å². The number of nitrogens with one attached hydrogen (secondary N) is 1. The number of carbonyl (C=O) groups is 1. The molecule has 10 heteroatoms. The topological polar surface area (TPSA) is 83.9 Å². The monoisotopic (exact) mass is 468 g/mol. The van der Waals surface area contributed by atoms with E-state index in [9.17, 15) is 18.0 Å². The first-order chi connectivity index (χ1) is 16.3. The molecular formula is C24H23F3N6O. The van der Waals surface area contributed by atoms with E-state index in [0.717, 1.165) is 31.5 Å². The summed E-state index contributed by atoms with van der Waals surface area (Å²) in [6.45, 7) is 2.45. The fraction of sp³-hybridized carbons (Fsp3) is 0.375. The third-order valence-corrected chi connectivity index (χ3v) is 6.51. The molecule has 7 nitrogen and oxygen atoms in total. The number of fused-ring (bicyclic) bond motifs is 3. The van der Waals surface area contributed by atoms with Crippen molar-refractivity contribution in [1.82, 2.24) is 24.8 Å². The van der Waals surface area contributed by atoms with Crippen LogP contribution in [-0.2, 0) is 6.18 Å². The average Bonchev–Trinajstić information content (AvgIpc) is 2.84. The molecule has 0 radical (unpaired) electrons. The second-order valence-corrected chi connectivity index (χ2v) is 8.81. The highest BCUT2D eigenvalue weighted by Gasteiger charge is 2.44. The average molecular weight is 468 g/mol. The van der Waals surface area contributed by atoms with Crippen LogP contribution in [0.1, 0.15) is 41.0 Å². The minimum absolute atomic E-state index is 0.109. The van der Waals surface area contributed by atoms with Crippen LogP contribution in [0, 0.1) is 12.8 Å². The molecule has 2 aliphatic heterocycles. The molecule has 0 spiro atoms. The molecule has 34 heavy (non-hydrogen) atoms. The summed E-state index contributed by atoms with van der Waals surface area (Å²) >= 11 is 0. The molecule has 3 aromatic rings. The molecule has 176 valence electrons. The number of rotatable bonds is 4. The second kappa shape index (κ2) is 8.66. The molecule has 3 fully saturated rings. The standard InChI is InChI=1S/C24H23F3N6O/c1-14-3-6-17(22-28-9-2-10-29-22)21(31-14)23(34)33-13-15-4-7-19(33)18(11-15)32-20-8-5-16(12-30-20)24(25,26)27/h2-3,5-6,8-10,12,15,18-19H,4,7,11,13H2,1H3,(H,30,32)/t15-,18-,19+/m1/s1. The van der Waals surface area contributed by atoms with Crippen LogP contribution < -0.4 is 5.32 Å². The molecule has 1 N–H and O–H groups in total. The van der Waals surface area contributed by atoms with Crippen LogP contribution in [0.4, 0.5) is 19.0 Å². The van der Waals surface area contributed by atoms with Gasteiger partial charge in [0.1, 0.15) is 11.5 Å². The number of pyridine rings is 2. The minimum Gasteiger partial charge on any atom is -0.365 e.